The average molecular weight is 461 g/mol. The number of rotatable bonds is 7. The van der Waals surface area contributed by atoms with Crippen molar-refractivity contribution in [3.05, 3.63) is 58.2 Å². The van der Waals surface area contributed by atoms with Crippen molar-refractivity contribution in [1.82, 2.24) is 19.0 Å². The summed E-state index contributed by atoms with van der Waals surface area (Å²) in [4.78, 5) is 18.7. The highest BCUT2D eigenvalue weighted by Gasteiger charge is 2.29. The Labute approximate surface area is 187 Å². The van der Waals surface area contributed by atoms with Gasteiger partial charge >= 0.3 is 0 Å². The van der Waals surface area contributed by atoms with Crippen LogP contribution < -0.4 is 5.32 Å². The van der Waals surface area contributed by atoms with Crippen LogP contribution in [-0.4, -0.2) is 46.9 Å². The van der Waals surface area contributed by atoms with Crippen molar-refractivity contribution in [2.24, 2.45) is 5.92 Å². The molecule has 0 bridgehead atoms. The van der Waals surface area contributed by atoms with Gasteiger partial charge in [-0.25, -0.2) is 17.7 Å². The van der Waals surface area contributed by atoms with Crippen molar-refractivity contribution in [2.45, 2.75) is 39.2 Å². The largest absolute Gasteiger partial charge is 0.347 e. The van der Waals surface area contributed by atoms with Crippen LogP contribution >= 0.6 is 11.3 Å². The molecule has 1 aliphatic rings. The molecular weight excluding hydrogens is 432 g/mol. The third kappa shape index (κ3) is 5.16. The van der Waals surface area contributed by atoms with E-state index in [0.29, 0.717) is 30.4 Å². The molecule has 9 heteroatoms. The molecule has 0 atom stereocenters. The van der Waals surface area contributed by atoms with Crippen LogP contribution in [0.2, 0.25) is 0 Å². The van der Waals surface area contributed by atoms with E-state index in [9.17, 15) is 13.2 Å². The maximum Gasteiger partial charge on any atom is 0.261 e. The molecule has 7 nitrogen and oxygen atoms in total. The molecule has 1 aliphatic heterocycles. The fraction of sp³-hybridized carbons (Fsp3) is 0.455. The fourth-order valence-electron chi connectivity index (χ4n) is 3.97. The van der Waals surface area contributed by atoms with Gasteiger partial charge < -0.3 is 9.72 Å². The molecule has 3 aromatic rings. The van der Waals surface area contributed by atoms with E-state index in [-0.39, 0.29) is 17.6 Å². The van der Waals surface area contributed by atoms with E-state index < -0.39 is 10.0 Å². The topological polar surface area (TPSA) is 83.8 Å². The van der Waals surface area contributed by atoms with Crippen LogP contribution in [0.5, 0.6) is 0 Å². The van der Waals surface area contributed by atoms with Crippen molar-refractivity contribution in [3.8, 4) is 0 Å². The van der Waals surface area contributed by atoms with Gasteiger partial charge in [-0.2, -0.15) is 0 Å². The minimum absolute atomic E-state index is 0.0867. The first-order valence-electron chi connectivity index (χ1n) is 10.6. The molecule has 0 unspecified atom stereocenters. The van der Waals surface area contributed by atoms with E-state index in [2.05, 4.69) is 10.3 Å². The summed E-state index contributed by atoms with van der Waals surface area (Å²) in [6, 6.07) is 7.81. The van der Waals surface area contributed by atoms with E-state index in [0.717, 1.165) is 28.9 Å². The Morgan fingerprint density at radius 1 is 1.23 bits per heavy atom. The molecule has 0 saturated carbocycles. The standard InChI is InChI=1S/C22H28N4O3S2/c1-16(2)15-31(28,29)26-10-6-18(7-11-26)19-3-4-20(30-19)22(27)24-14-17-5-9-25-12-8-23-21(25)13-17/h3-5,8-9,12-13,16,18H,6-7,10-11,14-15H2,1-2H3,(H,24,27). The summed E-state index contributed by atoms with van der Waals surface area (Å²) in [5.74, 6) is 0.549. The number of nitrogens with zero attached hydrogens (tertiary/aromatic N) is 3. The quantitative estimate of drug-likeness (QED) is 0.585. The van der Waals surface area contributed by atoms with Gasteiger partial charge in [-0.1, -0.05) is 13.8 Å². The Bertz CT molecular complexity index is 1160. The van der Waals surface area contributed by atoms with Gasteiger partial charge in [0.05, 0.1) is 10.6 Å². The van der Waals surface area contributed by atoms with E-state index in [1.54, 1.807) is 10.5 Å². The number of pyridine rings is 1. The van der Waals surface area contributed by atoms with Crippen molar-refractivity contribution in [1.29, 1.82) is 0 Å². The van der Waals surface area contributed by atoms with Crippen LogP contribution in [0.15, 0.2) is 42.9 Å². The van der Waals surface area contributed by atoms with E-state index >= 15 is 0 Å². The second kappa shape index (κ2) is 9.10. The zero-order chi connectivity index (χ0) is 22.0. The summed E-state index contributed by atoms with van der Waals surface area (Å²) in [7, 11) is -3.17. The van der Waals surface area contributed by atoms with Crippen molar-refractivity contribution < 1.29 is 13.2 Å². The lowest BCUT2D eigenvalue weighted by Gasteiger charge is -2.31. The summed E-state index contributed by atoms with van der Waals surface area (Å²) in [5, 5.41) is 2.98. The molecule has 0 spiro atoms. The summed E-state index contributed by atoms with van der Waals surface area (Å²) < 4.78 is 28.5. The number of imidazole rings is 1. The number of nitrogens with one attached hydrogen (secondary N) is 1. The number of piperidine rings is 1. The minimum Gasteiger partial charge on any atom is -0.347 e. The van der Waals surface area contributed by atoms with Crippen LogP contribution in [-0.2, 0) is 16.6 Å². The molecule has 0 aromatic carbocycles. The fourth-order valence-corrected chi connectivity index (χ4v) is 6.89. The van der Waals surface area contributed by atoms with Crippen LogP contribution in [0.1, 0.15) is 52.7 Å². The minimum atomic E-state index is -3.17. The number of hydrogen-bond donors (Lipinski definition) is 1. The number of fused-ring (bicyclic) bond motifs is 1. The highest BCUT2D eigenvalue weighted by Crippen LogP contribution is 2.34. The first-order chi connectivity index (χ1) is 14.8. The molecule has 0 aliphatic carbocycles. The lowest BCUT2D eigenvalue weighted by Crippen LogP contribution is -2.40. The summed E-state index contributed by atoms with van der Waals surface area (Å²) in [5.41, 5.74) is 1.85. The van der Waals surface area contributed by atoms with Gasteiger partial charge in [-0.05, 0) is 54.5 Å². The van der Waals surface area contributed by atoms with Gasteiger partial charge in [0.2, 0.25) is 10.0 Å². The Balaban J connectivity index is 1.32. The Hall–Kier alpha value is -2.23. The monoisotopic (exact) mass is 460 g/mol. The Morgan fingerprint density at radius 2 is 2.00 bits per heavy atom. The van der Waals surface area contributed by atoms with Crippen LogP contribution in [0, 0.1) is 5.92 Å². The number of amides is 1. The smallest absolute Gasteiger partial charge is 0.261 e. The lowest BCUT2D eigenvalue weighted by atomic mass is 9.96. The number of hydrogen-bond acceptors (Lipinski definition) is 5. The second-order valence-electron chi connectivity index (χ2n) is 8.46. The molecule has 0 radical (unpaired) electrons. The van der Waals surface area contributed by atoms with E-state index in [1.807, 2.05) is 54.9 Å². The van der Waals surface area contributed by atoms with Gasteiger partial charge in [0, 0.05) is 43.1 Å². The molecular formula is C22H28N4O3S2. The van der Waals surface area contributed by atoms with Crippen LogP contribution in [0.4, 0.5) is 0 Å². The predicted octanol–water partition coefficient (Wildman–Crippen LogP) is 3.49. The average Bonchev–Trinajstić information content (AvgIpc) is 3.40. The van der Waals surface area contributed by atoms with Crippen LogP contribution in [0.3, 0.4) is 0 Å². The van der Waals surface area contributed by atoms with Crippen molar-refractivity contribution in [3.63, 3.8) is 0 Å². The molecule has 1 fully saturated rings. The van der Waals surface area contributed by atoms with Crippen LogP contribution in [0.25, 0.3) is 5.65 Å². The summed E-state index contributed by atoms with van der Waals surface area (Å²) >= 11 is 1.51. The Kier molecular flexibility index (Phi) is 6.45. The zero-order valence-corrected chi connectivity index (χ0v) is 19.5. The lowest BCUT2D eigenvalue weighted by molar-refractivity contribution is 0.0955. The molecule has 1 N–H and O–H groups in total. The highest BCUT2D eigenvalue weighted by molar-refractivity contribution is 7.89. The number of carbonyl (C=O) groups excluding carboxylic acids is 1. The maximum absolute atomic E-state index is 12.6. The van der Waals surface area contributed by atoms with Crippen molar-refractivity contribution >= 4 is 32.9 Å². The molecule has 1 amide bonds. The van der Waals surface area contributed by atoms with E-state index in [1.165, 1.54) is 11.3 Å². The number of thiophene rings is 1. The third-order valence-electron chi connectivity index (χ3n) is 5.56. The van der Waals surface area contributed by atoms with E-state index in [4.69, 9.17) is 0 Å². The highest BCUT2D eigenvalue weighted by atomic mass is 32.2. The SMILES string of the molecule is CC(C)CS(=O)(=O)N1CCC(c2ccc(C(=O)NCc3ccn4ccnc4c3)s2)CC1. The third-order valence-corrected chi connectivity index (χ3v) is 9.05. The number of aromatic nitrogens is 2. The molecule has 3 aromatic heterocycles. The first kappa shape index (κ1) is 22.0. The summed E-state index contributed by atoms with van der Waals surface area (Å²) in [6.07, 6.45) is 7.15. The zero-order valence-electron chi connectivity index (χ0n) is 17.8. The number of sulfonamides is 1. The second-order valence-corrected chi connectivity index (χ2v) is 11.6. The Morgan fingerprint density at radius 3 is 2.74 bits per heavy atom. The van der Waals surface area contributed by atoms with Gasteiger partial charge in [-0.15, -0.1) is 11.3 Å². The summed E-state index contributed by atoms with van der Waals surface area (Å²) in [6.45, 7) is 5.41. The molecule has 31 heavy (non-hydrogen) atoms. The number of carbonyl (C=O) groups is 1. The maximum atomic E-state index is 12.6. The molecule has 4 heterocycles. The molecule has 1 saturated heterocycles. The van der Waals surface area contributed by atoms with Gasteiger partial charge in [0.1, 0.15) is 5.65 Å². The molecule has 166 valence electrons. The van der Waals surface area contributed by atoms with Gasteiger partial charge in [0.25, 0.3) is 5.91 Å². The first-order valence-corrected chi connectivity index (χ1v) is 13.0. The van der Waals surface area contributed by atoms with Gasteiger partial charge in [0.15, 0.2) is 0 Å². The predicted molar refractivity (Wildman–Crippen MR) is 123 cm³/mol. The van der Waals surface area contributed by atoms with Crippen molar-refractivity contribution in [2.75, 3.05) is 18.8 Å². The molecule has 4 rings (SSSR count). The normalized spacial score (nSPS) is 16.2. The van der Waals surface area contributed by atoms with Gasteiger partial charge in [-0.3, -0.25) is 4.79 Å².